The number of nitrogens with zero attached hydrogens (tertiary/aromatic N) is 1. The second-order valence-corrected chi connectivity index (χ2v) is 5.29. The lowest BCUT2D eigenvalue weighted by molar-refractivity contribution is -0.0329. The van der Waals surface area contributed by atoms with Crippen molar-refractivity contribution in [3.63, 3.8) is 0 Å². The summed E-state index contributed by atoms with van der Waals surface area (Å²) in [6.07, 6.45) is -1.02. The van der Waals surface area contributed by atoms with Crippen molar-refractivity contribution in [2.75, 3.05) is 6.54 Å². The number of alkyl carbamates (subject to hydrolysis) is 1. The predicted octanol–water partition coefficient (Wildman–Crippen LogP) is 2.30. The van der Waals surface area contributed by atoms with E-state index in [1.807, 2.05) is 5.32 Å². The number of ether oxygens (including phenoxy) is 1. The minimum absolute atomic E-state index is 0.241. The molecule has 118 valence electrons. The summed E-state index contributed by atoms with van der Waals surface area (Å²) in [5.74, 6) is -6.45. The Morgan fingerprint density at radius 2 is 1.95 bits per heavy atom. The molecule has 1 aromatic rings. The molecule has 0 aliphatic heterocycles. The van der Waals surface area contributed by atoms with Gasteiger partial charge in [0.05, 0.1) is 6.54 Å². The van der Waals surface area contributed by atoms with Crippen molar-refractivity contribution in [3.05, 3.63) is 17.3 Å². The van der Waals surface area contributed by atoms with Crippen LogP contribution in [0.5, 0.6) is 0 Å². The molecule has 0 atom stereocenters. The van der Waals surface area contributed by atoms with Gasteiger partial charge in [0.15, 0.2) is 5.69 Å². The van der Waals surface area contributed by atoms with Crippen LogP contribution in [0.4, 0.5) is 13.6 Å². The summed E-state index contributed by atoms with van der Waals surface area (Å²) < 4.78 is 37.0. The molecule has 0 aliphatic rings. The third-order valence-corrected chi connectivity index (χ3v) is 2.17. The number of rotatable bonds is 4. The quantitative estimate of drug-likeness (QED) is 0.885. The Morgan fingerprint density at radius 1 is 1.38 bits per heavy atom. The highest BCUT2D eigenvalue weighted by molar-refractivity contribution is 5.86. The van der Waals surface area contributed by atoms with Gasteiger partial charge in [0, 0.05) is 0 Å². The molecule has 0 fully saturated rings. The summed E-state index contributed by atoms with van der Waals surface area (Å²) in [5.41, 5.74) is -1.42. The van der Waals surface area contributed by atoms with E-state index in [2.05, 4.69) is 9.40 Å². The van der Waals surface area contributed by atoms with Gasteiger partial charge >= 0.3 is 18.0 Å². The molecule has 0 saturated carbocycles. The highest BCUT2D eigenvalue weighted by atomic mass is 19.3. The molecule has 1 aromatic heterocycles. The van der Waals surface area contributed by atoms with Crippen molar-refractivity contribution in [1.29, 1.82) is 0 Å². The molecule has 0 spiro atoms. The molecular weight excluding hydrogens is 290 g/mol. The second kappa shape index (κ2) is 5.66. The van der Waals surface area contributed by atoms with Crippen molar-refractivity contribution in [3.8, 4) is 0 Å². The Bertz CT molecular complexity index is 548. The maximum absolute atomic E-state index is 13.8. The monoisotopic (exact) mass is 306 g/mol. The fourth-order valence-corrected chi connectivity index (χ4v) is 1.32. The molecule has 0 saturated heterocycles. The first-order valence-electron chi connectivity index (χ1n) is 5.98. The number of aromatic carboxylic acids is 1. The second-order valence-electron chi connectivity index (χ2n) is 5.29. The van der Waals surface area contributed by atoms with E-state index in [0.717, 1.165) is 0 Å². The Hall–Kier alpha value is -2.19. The third-order valence-electron chi connectivity index (χ3n) is 2.17. The molecule has 1 heterocycles. The predicted molar refractivity (Wildman–Crippen MR) is 66.3 cm³/mol. The number of carbonyl (C=O) groups excluding carboxylic acids is 1. The zero-order valence-corrected chi connectivity index (χ0v) is 12.0. The van der Waals surface area contributed by atoms with Crippen LogP contribution < -0.4 is 5.32 Å². The van der Waals surface area contributed by atoms with Gasteiger partial charge in [0.25, 0.3) is 5.89 Å². The Labute approximate surface area is 119 Å². The smallest absolute Gasteiger partial charge is 0.407 e. The summed E-state index contributed by atoms with van der Waals surface area (Å²) in [5, 5.41) is 10.6. The zero-order chi connectivity index (χ0) is 16.4. The standard InChI is InChI=1S/C12H16F2N2O5/c1-6-7(8(17)18)16-9(20-6)12(13,14)5-15-10(19)21-11(2,3)4/h5H2,1-4H3,(H,15,19)(H,17,18). The van der Waals surface area contributed by atoms with Crippen molar-refractivity contribution < 1.29 is 32.6 Å². The molecule has 0 bridgehead atoms. The number of aromatic nitrogens is 1. The van der Waals surface area contributed by atoms with Gasteiger partial charge in [-0.25, -0.2) is 14.6 Å². The lowest BCUT2D eigenvalue weighted by atomic mass is 10.2. The molecule has 2 N–H and O–H groups in total. The average molecular weight is 306 g/mol. The molecule has 7 nitrogen and oxygen atoms in total. The van der Waals surface area contributed by atoms with Gasteiger partial charge in [0.1, 0.15) is 11.4 Å². The Morgan fingerprint density at radius 3 is 2.38 bits per heavy atom. The van der Waals surface area contributed by atoms with E-state index in [1.54, 1.807) is 20.8 Å². The minimum Gasteiger partial charge on any atom is -0.476 e. The molecule has 0 aliphatic carbocycles. The van der Waals surface area contributed by atoms with E-state index in [4.69, 9.17) is 9.84 Å². The SMILES string of the molecule is Cc1oc(C(F)(F)CNC(=O)OC(C)(C)C)nc1C(=O)O. The first-order chi connectivity index (χ1) is 9.42. The number of carboxylic acids is 1. The molecule has 0 radical (unpaired) electrons. The molecule has 1 rings (SSSR count). The number of alkyl halides is 2. The van der Waals surface area contributed by atoms with E-state index in [0.29, 0.717) is 0 Å². The van der Waals surface area contributed by atoms with Crippen LogP contribution in [0.2, 0.25) is 0 Å². The van der Waals surface area contributed by atoms with Crippen LogP contribution in [0, 0.1) is 6.92 Å². The highest BCUT2D eigenvalue weighted by Gasteiger charge is 2.39. The van der Waals surface area contributed by atoms with Gasteiger partial charge in [-0.1, -0.05) is 0 Å². The Balaban J connectivity index is 2.76. The lowest BCUT2D eigenvalue weighted by Gasteiger charge is -2.20. The largest absolute Gasteiger partial charge is 0.476 e. The van der Waals surface area contributed by atoms with Crippen LogP contribution in [-0.2, 0) is 10.7 Å². The van der Waals surface area contributed by atoms with Gasteiger partial charge in [0.2, 0.25) is 0 Å². The van der Waals surface area contributed by atoms with E-state index >= 15 is 0 Å². The maximum atomic E-state index is 13.8. The number of aryl methyl sites for hydroxylation is 1. The molecule has 0 aromatic carbocycles. The van der Waals surface area contributed by atoms with Crippen molar-refractivity contribution in [2.45, 2.75) is 39.2 Å². The van der Waals surface area contributed by atoms with Crippen LogP contribution in [-0.4, -0.2) is 34.3 Å². The van der Waals surface area contributed by atoms with Crippen LogP contribution in [0.1, 0.15) is 42.9 Å². The molecular formula is C12H16F2N2O5. The molecule has 21 heavy (non-hydrogen) atoms. The van der Waals surface area contributed by atoms with Crippen molar-refractivity contribution in [2.24, 2.45) is 0 Å². The maximum Gasteiger partial charge on any atom is 0.407 e. The lowest BCUT2D eigenvalue weighted by Crippen LogP contribution is -2.38. The number of carboxylic acid groups (broad SMARTS) is 1. The normalized spacial score (nSPS) is 12.1. The number of halogens is 2. The Kier molecular flexibility index (Phi) is 4.55. The van der Waals surface area contributed by atoms with Crippen molar-refractivity contribution >= 4 is 12.1 Å². The zero-order valence-electron chi connectivity index (χ0n) is 12.0. The summed E-state index contributed by atoms with van der Waals surface area (Å²) >= 11 is 0. The summed E-state index contributed by atoms with van der Waals surface area (Å²) in [6, 6.07) is 0. The number of amides is 1. The van der Waals surface area contributed by atoms with Gasteiger partial charge in [-0.2, -0.15) is 8.78 Å². The van der Waals surface area contributed by atoms with Crippen LogP contribution >= 0.6 is 0 Å². The minimum atomic E-state index is -3.66. The van der Waals surface area contributed by atoms with Gasteiger partial charge in [-0.3, -0.25) is 0 Å². The fourth-order valence-electron chi connectivity index (χ4n) is 1.32. The van der Waals surface area contributed by atoms with E-state index in [1.165, 1.54) is 6.92 Å². The highest BCUT2D eigenvalue weighted by Crippen LogP contribution is 2.28. The van der Waals surface area contributed by atoms with E-state index in [9.17, 15) is 18.4 Å². The van der Waals surface area contributed by atoms with E-state index < -0.39 is 41.7 Å². The third kappa shape index (κ3) is 4.69. The number of hydrogen-bond acceptors (Lipinski definition) is 5. The number of oxazole rings is 1. The van der Waals surface area contributed by atoms with Gasteiger partial charge in [-0.05, 0) is 27.7 Å². The molecule has 0 unspecified atom stereocenters. The van der Waals surface area contributed by atoms with Crippen LogP contribution in [0.25, 0.3) is 0 Å². The topological polar surface area (TPSA) is 102 Å². The first kappa shape index (κ1) is 16.9. The number of hydrogen-bond donors (Lipinski definition) is 2. The van der Waals surface area contributed by atoms with Crippen LogP contribution in [0.15, 0.2) is 4.42 Å². The first-order valence-corrected chi connectivity index (χ1v) is 5.98. The number of carbonyl (C=O) groups is 2. The summed E-state index contributed by atoms with van der Waals surface area (Å²) in [4.78, 5) is 25.3. The average Bonchev–Trinajstić information content (AvgIpc) is 2.67. The van der Waals surface area contributed by atoms with Gasteiger partial charge in [-0.15, -0.1) is 0 Å². The van der Waals surface area contributed by atoms with Gasteiger partial charge < -0.3 is 19.6 Å². The fraction of sp³-hybridized carbons (Fsp3) is 0.583. The summed E-state index contributed by atoms with van der Waals surface area (Å²) in [6.45, 7) is 4.84. The number of nitrogens with one attached hydrogen (secondary N) is 1. The molecule has 1 amide bonds. The summed E-state index contributed by atoms with van der Waals surface area (Å²) in [7, 11) is 0. The van der Waals surface area contributed by atoms with Crippen LogP contribution in [0.3, 0.4) is 0 Å². The molecule has 9 heteroatoms. The van der Waals surface area contributed by atoms with E-state index in [-0.39, 0.29) is 5.76 Å². The van der Waals surface area contributed by atoms with Crippen molar-refractivity contribution in [1.82, 2.24) is 10.3 Å².